The number of carbonyl (C=O) groups excluding carboxylic acids is 1. The molecule has 1 aliphatic heterocycles. The first kappa shape index (κ1) is 18.3. The van der Waals surface area contributed by atoms with Crippen molar-refractivity contribution in [2.75, 3.05) is 28.5 Å². The lowest BCUT2D eigenvalue weighted by atomic mass is 10.1. The van der Waals surface area contributed by atoms with Crippen molar-refractivity contribution < 1.29 is 13.2 Å². The van der Waals surface area contributed by atoms with E-state index in [1.807, 2.05) is 18.2 Å². The normalized spacial score (nSPS) is 15.6. The van der Waals surface area contributed by atoms with Gasteiger partial charge in [-0.1, -0.05) is 30.3 Å². The molecule has 138 valence electrons. The fourth-order valence-corrected chi connectivity index (χ4v) is 4.52. The van der Waals surface area contributed by atoms with Crippen molar-refractivity contribution in [3.05, 3.63) is 60.2 Å². The van der Waals surface area contributed by atoms with E-state index in [1.54, 1.807) is 24.3 Å². The number of hydrogen-bond donors (Lipinski definition) is 2. The Morgan fingerprint density at radius 3 is 2.42 bits per heavy atom. The summed E-state index contributed by atoms with van der Waals surface area (Å²) in [5.41, 5.74) is 2.52. The van der Waals surface area contributed by atoms with Gasteiger partial charge in [0.25, 0.3) is 0 Å². The molecular weight excluding hydrogens is 350 g/mol. The lowest BCUT2D eigenvalue weighted by Crippen LogP contribution is -2.29. The fraction of sp³-hybridized carbons (Fsp3) is 0.316. The largest absolute Gasteiger partial charge is 0.338 e. The average Bonchev–Trinajstić information content (AvgIpc) is 2.99. The Hall–Kier alpha value is -2.54. The molecule has 0 aliphatic carbocycles. The highest BCUT2D eigenvalue weighted by molar-refractivity contribution is 7.93. The molecule has 0 unspecified atom stereocenters. The second-order valence-corrected chi connectivity index (χ2v) is 8.27. The number of rotatable bonds is 6. The SMILES string of the molecule is O=C(NCCCc1ccccc1)Nc1ccc(N2CCCS2(=O)=O)cc1. The van der Waals surface area contributed by atoms with Crippen LogP contribution in [0, 0.1) is 0 Å². The molecule has 0 radical (unpaired) electrons. The molecule has 1 heterocycles. The maximum Gasteiger partial charge on any atom is 0.319 e. The Balaban J connectivity index is 1.44. The molecule has 0 atom stereocenters. The first-order chi connectivity index (χ1) is 12.5. The maximum absolute atomic E-state index is 11.9. The van der Waals surface area contributed by atoms with Gasteiger partial charge in [0.05, 0.1) is 11.4 Å². The zero-order valence-corrected chi connectivity index (χ0v) is 15.3. The van der Waals surface area contributed by atoms with Crippen molar-refractivity contribution in [2.24, 2.45) is 0 Å². The number of amides is 2. The quantitative estimate of drug-likeness (QED) is 0.764. The first-order valence-electron chi connectivity index (χ1n) is 8.74. The van der Waals surface area contributed by atoms with Crippen molar-refractivity contribution in [3.63, 3.8) is 0 Å². The molecule has 26 heavy (non-hydrogen) atoms. The lowest BCUT2D eigenvalue weighted by Gasteiger charge is -2.17. The Labute approximate surface area is 154 Å². The van der Waals surface area contributed by atoms with Gasteiger partial charge in [0.15, 0.2) is 0 Å². The summed E-state index contributed by atoms with van der Waals surface area (Å²) in [6.45, 7) is 1.10. The van der Waals surface area contributed by atoms with E-state index in [9.17, 15) is 13.2 Å². The van der Waals surface area contributed by atoms with Crippen LogP contribution in [0.4, 0.5) is 16.2 Å². The van der Waals surface area contributed by atoms with Gasteiger partial charge in [0.2, 0.25) is 10.0 Å². The van der Waals surface area contributed by atoms with E-state index in [-0.39, 0.29) is 11.8 Å². The molecule has 3 rings (SSSR count). The van der Waals surface area contributed by atoms with E-state index in [0.29, 0.717) is 30.9 Å². The van der Waals surface area contributed by atoms with Crippen LogP contribution in [0.3, 0.4) is 0 Å². The summed E-state index contributed by atoms with van der Waals surface area (Å²) in [5, 5.41) is 5.59. The number of nitrogens with zero attached hydrogens (tertiary/aromatic N) is 1. The molecule has 7 heteroatoms. The zero-order chi connectivity index (χ0) is 18.4. The number of anilines is 2. The smallest absolute Gasteiger partial charge is 0.319 e. The van der Waals surface area contributed by atoms with Crippen molar-refractivity contribution >= 4 is 27.4 Å². The molecule has 6 nitrogen and oxygen atoms in total. The number of nitrogens with one attached hydrogen (secondary N) is 2. The minimum absolute atomic E-state index is 0.193. The summed E-state index contributed by atoms with van der Waals surface area (Å²) in [6, 6.07) is 16.7. The number of carbonyl (C=O) groups is 1. The highest BCUT2D eigenvalue weighted by atomic mass is 32.2. The minimum Gasteiger partial charge on any atom is -0.338 e. The Morgan fingerprint density at radius 2 is 1.77 bits per heavy atom. The van der Waals surface area contributed by atoms with Gasteiger partial charge in [-0.25, -0.2) is 13.2 Å². The van der Waals surface area contributed by atoms with E-state index in [0.717, 1.165) is 12.8 Å². The summed E-state index contributed by atoms with van der Waals surface area (Å²) < 4.78 is 25.3. The summed E-state index contributed by atoms with van der Waals surface area (Å²) in [4.78, 5) is 11.9. The highest BCUT2D eigenvalue weighted by Crippen LogP contribution is 2.25. The van der Waals surface area contributed by atoms with E-state index >= 15 is 0 Å². The topological polar surface area (TPSA) is 78.5 Å². The van der Waals surface area contributed by atoms with E-state index in [4.69, 9.17) is 0 Å². The van der Waals surface area contributed by atoms with Crippen LogP contribution in [0.5, 0.6) is 0 Å². The van der Waals surface area contributed by atoms with E-state index < -0.39 is 10.0 Å². The number of sulfonamides is 1. The van der Waals surface area contributed by atoms with Crippen molar-refractivity contribution in [1.82, 2.24) is 5.32 Å². The van der Waals surface area contributed by atoms with Gasteiger partial charge >= 0.3 is 6.03 Å². The van der Waals surface area contributed by atoms with Crippen molar-refractivity contribution in [3.8, 4) is 0 Å². The molecule has 2 aromatic carbocycles. The number of hydrogen-bond acceptors (Lipinski definition) is 3. The van der Waals surface area contributed by atoms with Gasteiger partial charge in [-0.2, -0.15) is 0 Å². The predicted octanol–water partition coefficient (Wildman–Crippen LogP) is 2.98. The van der Waals surface area contributed by atoms with Gasteiger partial charge in [0, 0.05) is 18.8 Å². The first-order valence-corrected chi connectivity index (χ1v) is 10.3. The average molecular weight is 373 g/mol. The third kappa shape index (κ3) is 4.76. The van der Waals surface area contributed by atoms with Crippen LogP contribution in [-0.2, 0) is 16.4 Å². The van der Waals surface area contributed by atoms with Crippen molar-refractivity contribution in [1.29, 1.82) is 0 Å². The lowest BCUT2D eigenvalue weighted by molar-refractivity contribution is 0.252. The van der Waals surface area contributed by atoms with Crippen LogP contribution in [-0.4, -0.2) is 33.3 Å². The monoisotopic (exact) mass is 373 g/mol. The Morgan fingerprint density at radius 1 is 1.04 bits per heavy atom. The molecule has 0 saturated carbocycles. The van der Waals surface area contributed by atoms with Gasteiger partial charge in [-0.15, -0.1) is 0 Å². The molecule has 2 aromatic rings. The minimum atomic E-state index is -3.18. The number of benzene rings is 2. The third-order valence-electron chi connectivity index (χ3n) is 4.28. The molecule has 2 amide bonds. The van der Waals surface area contributed by atoms with Gasteiger partial charge in [0.1, 0.15) is 0 Å². The van der Waals surface area contributed by atoms with E-state index in [2.05, 4.69) is 22.8 Å². The van der Waals surface area contributed by atoms with Crippen LogP contribution in [0.15, 0.2) is 54.6 Å². The number of urea groups is 1. The zero-order valence-electron chi connectivity index (χ0n) is 14.5. The molecule has 0 aromatic heterocycles. The van der Waals surface area contributed by atoms with Crippen molar-refractivity contribution in [2.45, 2.75) is 19.3 Å². The van der Waals surface area contributed by atoms with Crippen LogP contribution in [0.2, 0.25) is 0 Å². The predicted molar refractivity (Wildman–Crippen MR) is 104 cm³/mol. The molecule has 2 N–H and O–H groups in total. The second-order valence-electron chi connectivity index (χ2n) is 6.26. The molecule has 0 spiro atoms. The van der Waals surface area contributed by atoms with Crippen LogP contribution in [0.1, 0.15) is 18.4 Å². The molecule has 1 aliphatic rings. The molecular formula is C19H23N3O3S. The summed E-state index contributed by atoms with van der Waals surface area (Å²) in [6.07, 6.45) is 2.43. The summed E-state index contributed by atoms with van der Waals surface area (Å²) in [7, 11) is -3.18. The molecule has 1 fully saturated rings. The highest BCUT2D eigenvalue weighted by Gasteiger charge is 2.28. The second kappa shape index (κ2) is 8.23. The van der Waals surface area contributed by atoms with Crippen LogP contribution in [0.25, 0.3) is 0 Å². The van der Waals surface area contributed by atoms with Gasteiger partial charge < -0.3 is 10.6 Å². The summed E-state index contributed by atoms with van der Waals surface area (Å²) in [5.74, 6) is 0.193. The fourth-order valence-electron chi connectivity index (χ4n) is 2.95. The Kier molecular flexibility index (Phi) is 5.78. The standard InChI is InChI=1S/C19H23N3O3S/c23-19(20-13-4-8-16-6-2-1-3-7-16)21-17-9-11-18(12-10-17)22-14-5-15-26(22,24)25/h1-3,6-7,9-12H,4-5,8,13-15H2,(H2,20,21,23). The molecule has 0 bridgehead atoms. The maximum atomic E-state index is 11.9. The van der Waals surface area contributed by atoms with Crippen LogP contribution >= 0.6 is 0 Å². The molecule has 1 saturated heterocycles. The van der Waals surface area contributed by atoms with Crippen LogP contribution < -0.4 is 14.9 Å². The van der Waals surface area contributed by atoms with Gasteiger partial charge in [-0.05, 0) is 49.1 Å². The summed E-state index contributed by atoms with van der Waals surface area (Å²) >= 11 is 0. The Bertz CT molecular complexity index is 836. The third-order valence-corrected chi connectivity index (χ3v) is 6.15. The van der Waals surface area contributed by atoms with Gasteiger partial charge in [-0.3, -0.25) is 4.31 Å². The number of aryl methyl sites for hydroxylation is 1. The van der Waals surface area contributed by atoms with E-state index in [1.165, 1.54) is 9.87 Å².